The van der Waals surface area contributed by atoms with Crippen molar-refractivity contribution in [3.63, 3.8) is 0 Å². The van der Waals surface area contributed by atoms with Crippen molar-refractivity contribution in [2.45, 2.75) is 13.5 Å². The minimum atomic E-state index is 0.458. The summed E-state index contributed by atoms with van der Waals surface area (Å²) in [5.74, 6) is 1.55. The third kappa shape index (κ3) is 4.96. The molecule has 1 N–H and O–H groups in total. The molecule has 0 aliphatic carbocycles. The van der Waals surface area contributed by atoms with Crippen molar-refractivity contribution in [2.75, 3.05) is 20.3 Å². The monoisotopic (exact) mass is 305 g/mol. The lowest BCUT2D eigenvalue weighted by molar-refractivity contribution is 0.217. The van der Waals surface area contributed by atoms with Crippen LogP contribution in [0.15, 0.2) is 42.5 Å². The van der Waals surface area contributed by atoms with E-state index in [1.165, 1.54) is 5.56 Å². The fourth-order valence-corrected chi connectivity index (χ4v) is 2.15. The first-order valence-corrected chi connectivity index (χ1v) is 7.32. The van der Waals surface area contributed by atoms with Crippen LogP contribution in [0.3, 0.4) is 0 Å². The van der Waals surface area contributed by atoms with Crippen molar-refractivity contribution in [3.05, 3.63) is 58.6 Å². The third-order valence-electron chi connectivity index (χ3n) is 2.98. The van der Waals surface area contributed by atoms with Crippen molar-refractivity contribution in [1.29, 1.82) is 0 Å². The van der Waals surface area contributed by atoms with Gasteiger partial charge in [-0.15, -0.1) is 0 Å². The van der Waals surface area contributed by atoms with E-state index in [4.69, 9.17) is 21.1 Å². The Kier molecular flexibility index (Phi) is 5.90. The Labute approximate surface area is 130 Å². The molecule has 0 amide bonds. The average Bonchev–Trinajstić information content (AvgIpc) is 2.48. The minimum Gasteiger partial charge on any atom is -0.490 e. The van der Waals surface area contributed by atoms with Gasteiger partial charge in [-0.25, -0.2) is 0 Å². The summed E-state index contributed by atoms with van der Waals surface area (Å²) in [5, 5.41) is 3.74. The molecule has 0 heterocycles. The zero-order valence-corrected chi connectivity index (χ0v) is 13.1. The molecule has 0 saturated carbocycles. The Morgan fingerprint density at radius 2 is 1.86 bits per heavy atom. The van der Waals surface area contributed by atoms with Crippen LogP contribution in [0.2, 0.25) is 5.02 Å². The zero-order valence-electron chi connectivity index (χ0n) is 12.4. The van der Waals surface area contributed by atoms with Crippen LogP contribution < -0.4 is 14.8 Å². The molecule has 2 rings (SSSR count). The second kappa shape index (κ2) is 7.91. The van der Waals surface area contributed by atoms with E-state index in [9.17, 15) is 0 Å². The first-order valence-electron chi connectivity index (χ1n) is 6.94. The first-order chi connectivity index (χ1) is 10.2. The van der Waals surface area contributed by atoms with Crippen LogP contribution in [0.25, 0.3) is 0 Å². The van der Waals surface area contributed by atoms with Crippen LogP contribution in [0.5, 0.6) is 11.5 Å². The van der Waals surface area contributed by atoms with E-state index in [-0.39, 0.29) is 0 Å². The van der Waals surface area contributed by atoms with Crippen LogP contribution in [0.1, 0.15) is 11.1 Å². The van der Waals surface area contributed by atoms with Crippen molar-refractivity contribution in [3.8, 4) is 11.5 Å². The lowest BCUT2D eigenvalue weighted by Gasteiger charge is -2.11. The van der Waals surface area contributed by atoms with Crippen molar-refractivity contribution in [2.24, 2.45) is 0 Å². The Morgan fingerprint density at radius 1 is 1.05 bits per heavy atom. The Balaban J connectivity index is 1.81. The maximum absolute atomic E-state index is 6.07. The molecule has 2 aromatic rings. The van der Waals surface area contributed by atoms with Gasteiger partial charge < -0.3 is 14.8 Å². The fraction of sp³-hybridized carbons (Fsp3) is 0.294. The number of hydrogen-bond donors (Lipinski definition) is 1. The summed E-state index contributed by atoms with van der Waals surface area (Å²) < 4.78 is 11.3. The maximum Gasteiger partial charge on any atom is 0.138 e. The Hall–Kier alpha value is -1.71. The molecule has 0 fully saturated rings. The maximum atomic E-state index is 6.07. The second-order valence-electron chi connectivity index (χ2n) is 4.81. The molecule has 0 bridgehead atoms. The van der Waals surface area contributed by atoms with Gasteiger partial charge >= 0.3 is 0 Å². The fourth-order valence-electron chi connectivity index (χ4n) is 1.98. The van der Waals surface area contributed by atoms with Gasteiger partial charge in [-0.2, -0.15) is 0 Å². The van der Waals surface area contributed by atoms with Crippen molar-refractivity contribution in [1.82, 2.24) is 5.32 Å². The molecule has 21 heavy (non-hydrogen) atoms. The molecule has 2 aromatic carbocycles. The van der Waals surface area contributed by atoms with Gasteiger partial charge in [0.15, 0.2) is 0 Å². The van der Waals surface area contributed by atoms with E-state index in [2.05, 4.69) is 11.4 Å². The number of halogens is 1. The van der Waals surface area contributed by atoms with E-state index < -0.39 is 0 Å². The number of rotatable bonds is 7. The largest absolute Gasteiger partial charge is 0.490 e. The zero-order chi connectivity index (χ0) is 15.1. The van der Waals surface area contributed by atoms with E-state index in [0.29, 0.717) is 24.0 Å². The van der Waals surface area contributed by atoms with Crippen molar-refractivity contribution < 1.29 is 9.47 Å². The van der Waals surface area contributed by atoms with Gasteiger partial charge in [0.1, 0.15) is 24.7 Å². The van der Waals surface area contributed by atoms with E-state index in [0.717, 1.165) is 17.9 Å². The molecule has 4 heteroatoms. The van der Waals surface area contributed by atoms with E-state index >= 15 is 0 Å². The third-order valence-corrected chi connectivity index (χ3v) is 3.29. The summed E-state index contributed by atoms with van der Waals surface area (Å²) in [6, 6.07) is 13.7. The summed E-state index contributed by atoms with van der Waals surface area (Å²) in [6.45, 7) is 3.77. The number of benzene rings is 2. The summed E-state index contributed by atoms with van der Waals surface area (Å²) in [7, 11) is 1.92. The van der Waals surface area contributed by atoms with Crippen molar-refractivity contribution >= 4 is 11.6 Å². The number of aryl methyl sites for hydroxylation is 1. The van der Waals surface area contributed by atoms with Crippen LogP contribution in [0.4, 0.5) is 0 Å². The van der Waals surface area contributed by atoms with Gasteiger partial charge in [0.2, 0.25) is 0 Å². The molecule has 0 aliphatic heterocycles. The first kappa shape index (κ1) is 15.7. The summed E-state index contributed by atoms with van der Waals surface area (Å²) >= 11 is 6.07. The number of nitrogens with one attached hydrogen (secondary N) is 1. The topological polar surface area (TPSA) is 30.5 Å². The van der Waals surface area contributed by atoms with Gasteiger partial charge in [-0.3, -0.25) is 0 Å². The minimum absolute atomic E-state index is 0.458. The summed E-state index contributed by atoms with van der Waals surface area (Å²) in [5.41, 5.74) is 2.31. The molecule has 0 spiro atoms. The number of ether oxygens (including phenoxy) is 2. The molecule has 0 aliphatic rings. The lowest BCUT2D eigenvalue weighted by atomic mass is 10.2. The van der Waals surface area contributed by atoms with Gasteiger partial charge in [-0.05, 0) is 49.4 Å². The molecule has 3 nitrogen and oxygen atoms in total. The molecule has 112 valence electrons. The quantitative estimate of drug-likeness (QED) is 0.789. The molecular formula is C17H20ClNO2. The Morgan fingerprint density at radius 3 is 2.67 bits per heavy atom. The van der Waals surface area contributed by atoms with Gasteiger partial charge in [0.05, 0.1) is 5.02 Å². The summed E-state index contributed by atoms with van der Waals surface area (Å²) in [6.07, 6.45) is 0. The summed E-state index contributed by atoms with van der Waals surface area (Å²) in [4.78, 5) is 0. The highest BCUT2D eigenvalue weighted by Crippen LogP contribution is 2.25. The molecular weight excluding hydrogens is 286 g/mol. The molecule has 0 unspecified atom stereocenters. The van der Waals surface area contributed by atoms with Crippen LogP contribution in [0, 0.1) is 6.92 Å². The molecule has 0 saturated heterocycles. The number of hydrogen-bond acceptors (Lipinski definition) is 3. The van der Waals surface area contributed by atoms with Crippen LogP contribution in [-0.2, 0) is 6.54 Å². The SMILES string of the molecule is CNCc1cccc(OCCOc2cc(C)ccc2Cl)c1. The highest BCUT2D eigenvalue weighted by molar-refractivity contribution is 6.32. The molecule has 0 radical (unpaired) electrons. The predicted molar refractivity (Wildman–Crippen MR) is 86.4 cm³/mol. The van der Waals surface area contributed by atoms with E-state index in [1.807, 2.05) is 50.4 Å². The average molecular weight is 306 g/mol. The molecule has 0 atom stereocenters. The van der Waals surface area contributed by atoms with Crippen LogP contribution >= 0.6 is 11.6 Å². The predicted octanol–water partition coefficient (Wildman–Crippen LogP) is 3.83. The van der Waals surface area contributed by atoms with Gasteiger partial charge in [0.25, 0.3) is 0 Å². The normalized spacial score (nSPS) is 10.4. The molecule has 0 aromatic heterocycles. The smallest absolute Gasteiger partial charge is 0.138 e. The Bertz CT molecular complexity index is 587. The lowest BCUT2D eigenvalue weighted by Crippen LogP contribution is -2.10. The highest BCUT2D eigenvalue weighted by Gasteiger charge is 2.02. The second-order valence-corrected chi connectivity index (χ2v) is 5.22. The highest BCUT2D eigenvalue weighted by atomic mass is 35.5. The standard InChI is InChI=1S/C17H20ClNO2/c1-13-6-7-16(18)17(10-13)21-9-8-20-15-5-3-4-14(11-15)12-19-2/h3-7,10-11,19H,8-9,12H2,1-2H3. The van der Waals surface area contributed by atoms with E-state index in [1.54, 1.807) is 0 Å². The van der Waals surface area contributed by atoms with Crippen LogP contribution in [-0.4, -0.2) is 20.3 Å². The van der Waals surface area contributed by atoms with Gasteiger partial charge in [0, 0.05) is 6.54 Å². The van der Waals surface area contributed by atoms with Gasteiger partial charge in [-0.1, -0.05) is 29.8 Å².